The van der Waals surface area contributed by atoms with E-state index in [1.165, 1.54) is 135 Å². The van der Waals surface area contributed by atoms with Gasteiger partial charge in [-0.25, -0.2) is 4.57 Å². The first-order chi connectivity index (χ1) is 27.8. The maximum Gasteiger partial charge on any atom is 0.472 e. The summed E-state index contributed by atoms with van der Waals surface area (Å²) >= 11 is 0. The zero-order valence-corrected chi connectivity index (χ0v) is 37.7. The number of nitrogens with two attached hydrogens (primary N) is 1. The van der Waals surface area contributed by atoms with Crippen molar-refractivity contribution in [3.8, 4) is 0 Å². The van der Waals surface area contributed by atoms with Crippen LogP contribution >= 0.6 is 7.82 Å². The second-order valence-corrected chi connectivity index (χ2v) is 17.1. The van der Waals surface area contributed by atoms with Crippen molar-refractivity contribution in [2.24, 2.45) is 5.73 Å². The molecule has 0 heterocycles. The van der Waals surface area contributed by atoms with Gasteiger partial charge in [-0.2, -0.15) is 0 Å². The molecular weight excluding hydrogens is 737 g/mol. The van der Waals surface area contributed by atoms with Gasteiger partial charge in [-0.05, 0) is 51.4 Å². The minimum Gasteiger partial charge on any atom is -0.462 e. The number of esters is 2. The fourth-order valence-electron chi connectivity index (χ4n) is 6.52. The van der Waals surface area contributed by atoms with Gasteiger partial charge in [-0.3, -0.25) is 18.6 Å². The Hall–Kier alpha value is -1.77. The fraction of sp³-hybridized carbons (Fsp3) is 0.830. The van der Waals surface area contributed by atoms with Gasteiger partial charge in [0.2, 0.25) is 0 Å². The summed E-state index contributed by atoms with van der Waals surface area (Å²) < 4.78 is 32.7. The third kappa shape index (κ3) is 43.6. The molecule has 0 aliphatic carbocycles. The number of hydrogen-bond donors (Lipinski definition) is 2. The van der Waals surface area contributed by atoms with E-state index in [9.17, 15) is 19.0 Å². The maximum atomic E-state index is 12.6. The number of hydrogen-bond acceptors (Lipinski definition) is 8. The van der Waals surface area contributed by atoms with Crippen LogP contribution in [0.15, 0.2) is 36.5 Å². The Morgan fingerprint density at radius 3 is 1.35 bits per heavy atom. The Balaban J connectivity index is 3.87. The number of carbonyl (C=O) groups excluding carboxylic acids is 2. The predicted molar refractivity (Wildman–Crippen MR) is 238 cm³/mol. The molecule has 0 aliphatic heterocycles. The minimum absolute atomic E-state index is 0.0542. The lowest BCUT2D eigenvalue weighted by molar-refractivity contribution is -0.161. The third-order valence-electron chi connectivity index (χ3n) is 10.0. The second kappa shape index (κ2) is 43.8. The summed E-state index contributed by atoms with van der Waals surface area (Å²) in [6, 6.07) is 0. The Morgan fingerprint density at radius 1 is 0.526 bits per heavy atom. The third-order valence-corrected chi connectivity index (χ3v) is 11.0. The Morgan fingerprint density at radius 2 is 0.912 bits per heavy atom. The summed E-state index contributed by atoms with van der Waals surface area (Å²) in [6.45, 7) is 3.68. The highest BCUT2D eigenvalue weighted by atomic mass is 31.2. The van der Waals surface area contributed by atoms with Crippen LogP contribution in [0.2, 0.25) is 0 Å². The molecule has 2 atom stereocenters. The normalized spacial score (nSPS) is 13.5. The largest absolute Gasteiger partial charge is 0.472 e. The zero-order valence-electron chi connectivity index (χ0n) is 36.8. The van der Waals surface area contributed by atoms with Gasteiger partial charge in [0.1, 0.15) is 6.61 Å². The molecule has 0 spiro atoms. The molecule has 0 aliphatic rings. The van der Waals surface area contributed by atoms with E-state index in [0.29, 0.717) is 6.42 Å². The lowest BCUT2D eigenvalue weighted by atomic mass is 10.0. The van der Waals surface area contributed by atoms with Crippen LogP contribution in [0.25, 0.3) is 0 Å². The van der Waals surface area contributed by atoms with E-state index in [1.807, 2.05) is 0 Å². The summed E-state index contributed by atoms with van der Waals surface area (Å²) in [5, 5.41) is 0. The monoisotopic (exact) mass is 826 g/mol. The molecule has 0 fully saturated rings. The highest BCUT2D eigenvalue weighted by Gasteiger charge is 2.26. The van der Waals surface area contributed by atoms with Crippen LogP contribution in [0.4, 0.5) is 0 Å². The molecule has 0 bridgehead atoms. The van der Waals surface area contributed by atoms with Crippen LogP contribution in [0.3, 0.4) is 0 Å². The van der Waals surface area contributed by atoms with E-state index >= 15 is 0 Å². The van der Waals surface area contributed by atoms with E-state index in [0.717, 1.165) is 51.4 Å². The van der Waals surface area contributed by atoms with Crippen LogP contribution in [0.5, 0.6) is 0 Å². The van der Waals surface area contributed by atoms with Crippen LogP contribution < -0.4 is 5.73 Å². The maximum absolute atomic E-state index is 12.6. The Bertz CT molecular complexity index is 1030. The van der Waals surface area contributed by atoms with E-state index in [1.54, 1.807) is 0 Å². The van der Waals surface area contributed by atoms with E-state index in [2.05, 4.69) is 50.3 Å². The number of allylic oxidation sites excluding steroid dienone is 6. The summed E-state index contributed by atoms with van der Waals surface area (Å²) in [5.41, 5.74) is 5.34. The van der Waals surface area contributed by atoms with Crippen molar-refractivity contribution in [1.82, 2.24) is 0 Å². The van der Waals surface area contributed by atoms with Crippen molar-refractivity contribution in [1.29, 1.82) is 0 Å². The number of rotatable bonds is 44. The standard InChI is InChI=1S/C47H88NO8P/c1-3-5-7-9-11-12-13-14-15-16-17-18-19-20-21-22-23-24-25-26-27-28-29-30-31-32-34-36-38-40-47(50)56-45(44-55-57(51,52)54-42-41-48)43-53-46(49)39-37-35-33-10-8-6-4-2/h13-14,16-17,19-20,45H,3-12,15,18,21-44,48H2,1-2H3,(H,51,52)/b14-13-,17-16-,20-19-. The molecule has 57 heavy (non-hydrogen) atoms. The molecule has 2 unspecified atom stereocenters. The Labute approximate surface area is 350 Å². The van der Waals surface area contributed by atoms with Crippen LogP contribution in [0, 0.1) is 0 Å². The van der Waals surface area contributed by atoms with Gasteiger partial charge in [0.15, 0.2) is 6.10 Å². The average Bonchev–Trinajstić information content (AvgIpc) is 3.20. The summed E-state index contributed by atoms with van der Waals surface area (Å²) in [5.74, 6) is -0.831. The van der Waals surface area contributed by atoms with E-state index < -0.39 is 26.5 Å². The highest BCUT2D eigenvalue weighted by molar-refractivity contribution is 7.47. The SMILES string of the molecule is CCCCCCC/C=C\C/C=C\C/C=C\CCCCCCCCCCCCCCCCC(=O)OC(COC(=O)CCCCCCCCC)COP(=O)(O)OCCN. The molecule has 0 saturated carbocycles. The number of ether oxygens (including phenoxy) is 2. The van der Waals surface area contributed by atoms with Gasteiger partial charge in [-0.1, -0.05) is 192 Å². The van der Waals surface area contributed by atoms with Gasteiger partial charge in [-0.15, -0.1) is 0 Å². The van der Waals surface area contributed by atoms with Crippen molar-refractivity contribution >= 4 is 19.8 Å². The first-order valence-electron chi connectivity index (χ1n) is 23.5. The predicted octanol–water partition coefficient (Wildman–Crippen LogP) is 13.7. The molecule has 0 aromatic rings. The summed E-state index contributed by atoms with van der Waals surface area (Å²) in [7, 11) is -4.37. The fourth-order valence-corrected chi connectivity index (χ4v) is 7.29. The van der Waals surface area contributed by atoms with E-state index in [4.69, 9.17) is 24.3 Å². The number of phosphoric ester groups is 1. The summed E-state index contributed by atoms with van der Waals surface area (Å²) in [6.07, 6.45) is 49.3. The lowest BCUT2D eigenvalue weighted by Crippen LogP contribution is -2.29. The molecule has 0 amide bonds. The van der Waals surface area contributed by atoms with Crippen molar-refractivity contribution in [2.75, 3.05) is 26.4 Å². The zero-order chi connectivity index (χ0) is 41.8. The smallest absolute Gasteiger partial charge is 0.462 e. The first-order valence-corrected chi connectivity index (χ1v) is 25.0. The van der Waals surface area contributed by atoms with Crippen LogP contribution in [-0.4, -0.2) is 49.3 Å². The molecule has 3 N–H and O–H groups in total. The molecule has 0 rings (SSSR count). The molecule has 0 saturated heterocycles. The van der Waals surface area contributed by atoms with Gasteiger partial charge in [0.25, 0.3) is 0 Å². The molecule has 0 aromatic heterocycles. The van der Waals surface area contributed by atoms with Gasteiger partial charge in [0.05, 0.1) is 13.2 Å². The molecular formula is C47H88NO8P. The van der Waals surface area contributed by atoms with Gasteiger partial charge in [0, 0.05) is 19.4 Å². The minimum atomic E-state index is -4.37. The number of carbonyl (C=O) groups is 2. The summed E-state index contributed by atoms with van der Waals surface area (Å²) in [4.78, 5) is 34.7. The van der Waals surface area contributed by atoms with E-state index in [-0.39, 0.29) is 38.6 Å². The highest BCUT2D eigenvalue weighted by Crippen LogP contribution is 2.43. The van der Waals surface area contributed by atoms with Gasteiger partial charge >= 0.3 is 19.8 Å². The van der Waals surface area contributed by atoms with Crippen LogP contribution in [0.1, 0.15) is 219 Å². The molecule has 334 valence electrons. The van der Waals surface area contributed by atoms with Crippen molar-refractivity contribution in [2.45, 2.75) is 225 Å². The number of phosphoric acid groups is 1. The second-order valence-electron chi connectivity index (χ2n) is 15.6. The quantitative estimate of drug-likeness (QED) is 0.0266. The van der Waals surface area contributed by atoms with Crippen molar-refractivity contribution < 1.29 is 37.6 Å². The van der Waals surface area contributed by atoms with Crippen molar-refractivity contribution in [3.63, 3.8) is 0 Å². The average molecular weight is 826 g/mol. The Kier molecular flexibility index (Phi) is 42.4. The molecule has 0 aromatic carbocycles. The topological polar surface area (TPSA) is 134 Å². The van der Waals surface area contributed by atoms with Gasteiger partial charge < -0.3 is 20.1 Å². The molecule has 9 nitrogen and oxygen atoms in total. The van der Waals surface area contributed by atoms with Crippen molar-refractivity contribution in [3.05, 3.63) is 36.5 Å². The number of unbranched alkanes of at least 4 members (excludes halogenated alkanes) is 25. The first kappa shape index (κ1) is 55.2. The molecule has 10 heteroatoms. The lowest BCUT2D eigenvalue weighted by Gasteiger charge is -2.19. The van der Waals surface area contributed by atoms with Crippen LogP contribution in [-0.2, 0) is 32.7 Å². The molecule has 0 radical (unpaired) electrons.